The molecule has 0 aliphatic heterocycles. The Balaban J connectivity index is 1.67. The maximum absolute atomic E-state index is 12.1. The molecule has 0 unspecified atom stereocenters. The summed E-state index contributed by atoms with van der Waals surface area (Å²) in [7, 11) is 0. The second kappa shape index (κ2) is 6.50. The molecule has 0 atom stereocenters. The minimum atomic E-state index is -0.546. The third-order valence-electron chi connectivity index (χ3n) is 2.95. The second-order valence-corrected chi connectivity index (χ2v) is 4.62. The smallest absolute Gasteiger partial charge is 0.302 e. The standard InChI is InChI=1S/C16H10N4O4/c17-8-10-3-1-4-11(7-10)18-14(21)12-9-24-16(19-12)20-15(22)13-5-2-6-23-13/h1-7,9H,(H,18,21)(H,19,20,22). The fourth-order valence-electron chi connectivity index (χ4n) is 1.86. The zero-order valence-corrected chi connectivity index (χ0v) is 12.1. The summed E-state index contributed by atoms with van der Waals surface area (Å²) in [4.78, 5) is 27.8. The number of carbonyl (C=O) groups excluding carboxylic acids is 2. The molecule has 0 saturated heterocycles. The Bertz CT molecular complexity index is 922. The van der Waals surface area contributed by atoms with Gasteiger partial charge in [0, 0.05) is 5.69 Å². The number of rotatable bonds is 4. The van der Waals surface area contributed by atoms with Crippen molar-refractivity contribution in [2.45, 2.75) is 0 Å². The van der Waals surface area contributed by atoms with E-state index < -0.39 is 11.8 Å². The highest BCUT2D eigenvalue weighted by atomic mass is 16.4. The van der Waals surface area contributed by atoms with E-state index in [1.807, 2.05) is 6.07 Å². The Morgan fingerprint density at radius 3 is 2.71 bits per heavy atom. The molecule has 2 N–H and O–H groups in total. The summed E-state index contributed by atoms with van der Waals surface area (Å²) < 4.78 is 9.97. The van der Waals surface area contributed by atoms with Gasteiger partial charge in [-0.1, -0.05) is 6.07 Å². The van der Waals surface area contributed by atoms with Crippen molar-refractivity contribution in [3.05, 3.63) is 65.9 Å². The first-order valence-electron chi connectivity index (χ1n) is 6.77. The van der Waals surface area contributed by atoms with Crippen LogP contribution in [0.15, 0.2) is 57.8 Å². The molecule has 3 aromatic rings. The van der Waals surface area contributed by atoms with E-state index in [0.717, 1.165) is 6.26 Å². The molecule has 0 bridgehead atoms. The van der Waals surface area contributed by atoms with Gasteiger partial charge in [-0.3, -0.25) is 14.9 Å². The van der Waals surface area contributed by atoms with Crippen LogP contribution < -0.4 is 10.6 Å². The summed E-state index contributed by atoms with van der Waals surface area (Å²) in [5.41, 5.74) is 0.842. The number of carbonyl (C=O) groups is 2. The second-order valence-electron chi connectivity index (χ2n) is 4.62. The number of nitrogens with one attached hydrogen (secondary N) is 2. The summed E-state index contributed by atoms with van der Waals surface area (Å²) in [5.74, 6) is -0.990. The van der Waals surface area contributed by atoms with Crippen molar-refractivity contribution in [1.82, 2.24) is 4.98 Å². The molecule has 0 aliphatic rings. The van der Waals surface area contributed by atoms with Crippen molar-refractivity contribution < 1.29 is 18.4 Å². The van der Waals surface area contributed by atoms with Crippen LogP contribution in [0.1, 0.15) is 26.6 Å². The molecule has 0 spiro atoms. The van der Waals surface area contributed by atoms with Gasteiger partial charge in [0.2, 0.25) is 0 Å². The van der Waals surface area contributed by atoms with Gasteiger partial charge in [-0.05, 0) is 30.3 Å². The number of hydrogen-bond donors (Lipinski definition) is 2. The van der Waals surface area contributed by atoms with Crippen molar-refractivity contribution in [1.29, 1.82) is 5.26 Å². The van der Waals surface area contributed by atoms with Crippen LogP contribution in [0.2, 0.25) is 0 Å². The Morgan fingerprint density at radius 1 is 1.08 bits per heavy atom. The van der Waals surface area contributed by atoms with E-state index >= 15 is 0 Å². The van der Waals surface area contributed by atoms with E-state index in [1.54, 1.807) is 24.3 Å². The minimum absolute atomic E-state index is 0.0212. The molecule has 3 rings (SSSR count). The van der Waals surface area contributed by atoms with E-state index in [9.17, 15) is 9.59 Å². The van der Waals surface area contributed by atoms with Gasteiger partial charge in [0.05, 0.1) is 17.9 Å². The molecule has 2 heterocycles. The van der Waals surface area contributed by atoms with Crippen LogP contribution in [0.4, 0.5) is 11.7 Å². The predicted octanol–water partition coefficient (Wildman–Crippen LogP) is 2.64. The van der Waals surface area contributed by atoms with Crippen molar-refractivity contribution in [3.8, 4) is 6.07 Å². The number of benzene rings is 1. The lowest BCUT2D eigenvalue weighted by Crippen LogP contribution is -2.14. The molecular weight excluding hydrogens is 312 g/mol. The van der Waals surface area contributed by atoms with Crippen molar-refractivity contribution in [2.75, 3.05) is 10.6 Å². The topological polar surface area (TPSA) is 121 Å². The van der Waals surface area contributed by atoms with Crippen molar-refractivity contribution in [2.24, 2.45) is 0 Å². The van der Waals surface area contributed by atoms with Crippen LogP contribution in [0.25, 0.3) is 0 Å². The quantitative estimate of drug-likeness (QED) is 0.761. The molecule has 0 radical (unpaired) electrons. The third kappa shape index (κ3) is 3.31. The van der Waals surface area contributed by atoms with Gasteiger partial charge in [0.25, 0.3) is 11.8 Å². The zero-order chi connectivity index (χ0) is 16.9. The van der Waals surface area contributed by atoms with Gasteiger partial charge in [-0.25, -0.2) is 0 Å². The number of nitriles is 1. The molecule has 0 saturated carbocycles. The summed E-state index contributed by atoms with van der Waals surface area (Å²) in [6.07, 6.45) is 2.47. The molecule has 24 heavy (non-hydrogen) atoms. The van der Waals surface area contributed by atoms with Crippen LogP contribution in [0.5, 0.6) is 0 Å². The van der Waals surface area contributed by atoms with E-state index in [0.29, 0.717) is 11.3 Å². The van der Waals surface area contributed by atoms with Crippen LogP contribution >= 0.6 is 0 Å². The summed E-state index contributed by atoms with van der Waals surface area (Å²) >= 11 is 0. The van der Waals surface area contributed by atoms with E-state index in [4.69, 9.17) is 14.1 Å². The normalized spacial score (nSPS) is 9.96. The molecule has 118 valence electrons. The lowest BCUT2D eigenvalue weighted by molar-refractivity contribution is 0.0990. The van der Waals surface area contributed by atoms with Gasteiger partial charge in [-0.15, -0.1) is 0 Å². The molecule has 8 nitrogen and oxygen atoms in total. The fourth-order valence-corrected chi connectivity index (χ4v) is 1.86. The maximum Gasteiger partial charge on any atom is 0.302 e. The molecule has 2 aromatic heterocycles. The van der Waals surface area contributed by atoms with E-state index in [1.165, 1.54) is 18.4 Å². The highest BCUT2D eigenvalue weighted by Crippen LogP contribution is 2.14. The van der Waals surface area contributed by atoms with Gasteiger partial charge >= 0.3 is 6.01 Å². The molecular formula is C16H10N4O4. The number of anilines is 2. The number of nitrogens with zero attached hydrogens (tertiary/aromatic N) is 2. The van der Waals surface area contributed by atoms with Crippen LogP contribution in [0.3, 0.4) is 0 Å². The van der Waals surface area contributed by atoms with Crippen LogP contribution in [-0.2, 0) is 0 Å². The number of amides is 2. The highest BCUT2D eigenvalue weighted by Gasteiger charge is 2.16. The molecule has 2 amide bonds. The lowest BCUT2D eigenvalue weighted by Gasteiger charge is -2.02. The molecule has 1 aromatic carbocycles. The first-order valence-corrected chi connectivity index (χ1v) is 6.77. The van der Waals surface area contributed by atoms with Crippen LogP contribution in [0, 0.1) is 11.3 Å². The average molecular weight is 322 g/mol. The van der Waals surface area contributed by atoms with Gasteiger partial charge in [0.15, 0.2) is 11.5 Å². The summed E-state index contributed by atoms with van der Waals surface area (Å²) in [6, 6.07) is 11.3. The van der Waals surface area contributed by atoms with E-state index in [2.05, 4.69) is 15.6 Å². The Morgan fingerprint density at radius 2 is 1.96 bits per heavy atom. The van der Waals surface area contributed by atoms with Crippen LogP contribution in [-0.4, -0.2) is 16.8 Å². The number of aromatic nitrogens is 1. The van der Waals surface area contributed by atoms with Gasteiger partial charge < -0.3 is 14.2 Å². The lowest BCUT2D eigenvalue weighted by atomic mass is 10.2. The SMILES string of the molecule is N#Cc1cccc(NC(=O)c2coc(NC(=O)c3ccco3)n2)c1. The number of hydrogen-bond acceptors (Lipinski definition) is 6. The largest absolute Gasteiger partial charge is 0.459 e. The Kier molecular flexibility index (Phi) is 4.07. The van der Waals surface area contributed by atoms with Gasteiger partial charge in [-0.2, -0.15) is 10.2 Å². The maximum atomic E-state index is 12.1. The third-order valence-corrected chi connectivity index (χ3v) is 2.95. The summed E-state index contributed by atoms with van der Waals surface area (Å²) in [5, 5.41) is 13.8. The Labute approximate surface area is 135 Å². The number of oxazole rings is 1. The molecule has 0 fully saturated rings. The fraction of sp³-hybridized carbons (Fsp3) is 0. The van der Waals surface area contributed by atoms with E-state index in [-0.39, 0.29) is 17.5 Å². The minimum Gasteiger partial charge on any atom is -0.459 e. The molecule has 8 heteroatoms. The molecule has 0 aliphatic carbocycles. The van der Waals surface area contributed by atoms with Gasteiger partial charge in [0.1, 0.15) is 6.26 Å². The predicted molar refractivity (Wildman–Crippen MR) is 82.3 cm³/mol. The zero-order valence-electron chi connectivity index (χ0n) is 12.1. The number of furan rings is 1. The highest BCUT2D eigenvalue weighted by molar-refractivity contribution is 6.04. The van der Waals surface area contributed by atoms with Crippen molar-refractivity contribution >= 4 is 23.5 Å². The first-order chi connectivity index (χ1) is 11.7. The monoisotopic (exact) mass is 322 g/mol. The van der Waals surface area contributed by atoms with Crippen molar-refractivity contribution in [3.63, 3.8) is 0 Å². The first kappa shape index (κ1) is 15.1. The Hall–Kier alpha value is -3.86. The average Bonchev–Trinajstić information content (AvgIpc) is 3.26. The summed E-state index contributed by atoms with van der Waals surface area (Å²) in [6.45, 7) is 0.